The molecule has 0 radical (unpaired) electrons. The summed E-state index contributed by atoms with van der Waals surface area (Å²) in [6, 6.07) is 5.42. The zero-order chi connectivity index (χ0) is 20.5. The molecule has 7 nitrogen and oxygen atoms in total. The van der Waals surface area contributed by atoms with E-state index in [9.17, 15) is 18.7 Å². The Morgan fingerprint density at radius 1 is 1.25 bits per heavy atom. The number of aliphatic hydroxyl groups is 1. The Morgan fingerprint density at radius 2 is 2.00 bits per heavy atom. The lowest BCUT2D eigenvalue weighted by molar-refractivity contribution is 0.0738. The van der Waals surface area contributed by atoms with Crippen LogP contribution in [0.5, 0.6) is 0 Å². The van der Waals surface area contributed by atoms with Crippen LogP contribution in [0.15, 0.2) is 36.7 Å². The SMILES string of the molecule is C[C@H](NC(=O)c1cc(-c2ccc(F)cc2F)nc(C(C)(C)O)c1)c1ncn[nH]1. The Balaban J connectivity index is 2.02. The quantitative estimate of drug-likeness (QED) is 0.625. The van der Waals surface area contributed by atoms with Gasteiger partial charge in [0.15, 0.2) is 0 Å². The number of carbonyl (C=O) groups is 1. The number of hydrogen-bond donors (Lipinski definition) is 3. The molecule has 0 fully saturated rings. The van der Waals surface area contributed by atoms with Gasteiger partial charge in [0.05, 0.1) is 17.4 Å². The van der Waals surface area contributed by atoms with E-state index in [-0.39, 0.29) is 22.5 Å². The second-order valence-electron chi connectivity index (χ2n) is 6.88. The van der Waals surface area contributed by atoms with Crippen molar-refractivity contribution in [2.24, 2.45) is 0 Å². The molecule has 146 valence electrons. The van der Waals surface area contributed by atoms with Gasteiger partial charge >= 0.3 is 0 Å². The van der Waals surface area contributed by atoms with Crippen LogP contribution in [0.3, 0.4) is 0 Å². The largest absolute Gasteiger partial charge is 0.384 e. The van der Waals surface area contributed by atoms with Crippen LogP contribution in [0.25, 0.3) is 11.3 Å². The summed E-state index contributed by atoms with van der Waals surface area (Å²) >= 11 is 0. The van der Waals surface area contributed by atoms with E-state index in [1.807, 2.05) is 0 Å². The van der Waals surface area contributed by atoms with Gasteiger partial charge in [-0.3, -0.25) is 9.89 Å². The third-order valence-electron chi connectivity index (χ3n) is 4.11. The van der Waals surface area contributed by atoms with Gasteiger partial charge in [0.2, 0.25) is 0 Å². The molecule has 0 aliphatic carbocycles. The maximum absolute atomic E-state index is 14.2. The summed E-state index contributed by atoms with van der Waals surface area (Å²) in [5.41, 5.74) is -0.916. The van der Waals surface area contributed by atoms with Crippen molar-refractivity contribution >= 4 is 5.91 Å². The smallest absolute Gasteiger partial charge is 0.252 e. The van der Waals surface area contributed by atoms with E-state index in [4.69, 9.17) is 0 Å². The molecule has 0 saturated carbocycles. The normalized spacial score (nSPS) is 12.6. The van der Waals surface area contributed by atoms with Crippen LogP contribution in [0.4, 0.5) is 8.78 Å². The minimum Gasteiger partial charge on any atom is -0.384 e. The van der Waals surface area contributed by atoms with E-state index < -0.39 is 29.2 Å². The van der Waals surface area contributed by atoms with Crippen molar-refractivity contribution in [2.75, 3.05) is 0 Å². The molecule has 0 aliphatic heterocycles. The molecule has 0 spiro atoms. The number of H-pyrrole nitrogens is 1. The lowest BCUT2D eigenvalue weighted by Crippen LogP contribution is -2.28. The van der Waals surface area contributed by atoms with Gasteiger partial charge in [-0.15, -0.1) is 0 Å². The molecule has 0 unspecified atom stereocenters. The number of benzene rings is 1. The van der Waals surface area contributed by atoms with E-state index in [0.717, 1.165) is 12.1 Å². The van der Waals surface area contributed by atoms with Crippen molar-refractivity contribution in [3.8, 4) is 11.3 Å². The Labute approximate surface area is 159 Å². The van der Waals surface area contributed by atoms with Crippen LogP contribution in [0.1, 0.15) is 48.7 Å². The van der Waals surface area contributed by atoms with E-state index in [0.29, 0.717) is 5.82 Å². The van der Waals surface area contributed by atoms with Gasteiger partial charge in [-0.05, 0) is 45.0 Å². The molecule has 3 N–H and O–H groups in total. The fourth-order valence-electron chi connectivity index (χ4n) is 2.58. The molecule has 9 heteroatoms. The number of aromatic amines is 1. The maximum Gasteiger partial charge on any atom is 0.252 e. The molecule has 28 heavy (non-hydrogen) atoms. The Morgan fingerprint density at radius 3 is 2.61 bits per heavy atom. The number of halogens is 2. The van der Waals surface area contributed by atoms with Crippen molar-refractivity contribution in [3.63, 3.8) is 0 Å². The molecule has 2 heterocycles. The van der Waals surface area contributed by atoms with Gasteiger partial charge in [-0.1, -0.05) is 0 Å². The highest BCUT2D eigenvalue weighted by atomic mass is 19.1. The summed E-state index contributed by atoms with van der Waals surface area (Å²) in [6.45, 7) is 4.72. The van der Waals surface area contributed by atoms with Gasteiger partial charge in [0.1, 0.15) is 29.4 Å². The molecule has 1 amide bonds. The number of pyridine rings is 1. The molecule has 3 rings (SSSR count). The highest BCUT2D eigenvalue weighted by Gasteiger charge is 2.23. The van der Waals surface area contributed by atoms with Crippen molar-refractivity contribution in [3.05, 3.63) is 65.4 Å². The molecule has 1 aromatic carbocycles. The fraction of sp³-hybridized carbons (Fsp3) is 0.263. The molecule has 1 atom stereocenters. The maximum atomic E-state index is 14.2. The number of hydrogen-bond acceptors (Lipinski definition) is 5. The molecular formula is C19H19F2N5O2. The minimum absolute atomic E-state index is 0.0184. The summed E-state index contributed by atoms with van der Waals surface area (Å²) < 4.78 is 27.5. The van der Waals surface area contributed by atoms with Crippen LogP contribution in [-0.2, 0) is 5.60 Å². The average molecular weight is 387 g/mol. The van der Waals surface area contributed by atoms with E-state index >= 15 is 0 Å². The summed E-state index contributed by atoms with van der Waals surface area (Å²) in [6.07, 6.45) is 1.33. The van der Waals surface area contributed by atoms with E-state index in [1.165, 1.54) is 38.4 Å². The number of aromatic nitrogens is 4. The molecule has 0 saturated heterocycles. The van der Waals surface area contributed by atoms with Crippen molar-refractivity contribution in [1.29, 1.82) is 0 Å². The first kappa shape index (κ1) is 19.6. The number of carbonyl (C=O) groups excluding carboxylic acids is 1. The van der Waals surface area contributed by atoms with Crippen LogP contribution in [0.2, 0.25) is 0 Å². The second-order valence-corrected chi connectivity index (χ2v) is 6.88. The fourth-order valence-corrected chi connectivity index (χ4v) is 2.58. The third-order valence-corrected chi connectivity index (χ3v) is 4.11. The lowest BCUT2D eigenvalue weighted by atomic mass is 9.99. The zero-order valence-corrected chi connectivity index (χ0v) is 15.5. The van der Waals surface area contributed by atoms with Crippen molar-refractivity contribution < 1.29 is 18.7 Å². The highest BCUT2D eigenvalue weighted by Crippen LogP contribution is 2.27. The van der Waals surface area contributed by atoms with Crippen LogP contribution < -0.4 is 5.32 Å². The number of rotatable bonds is 5. The molecule has 3 aromatic rings. The van der Waals surface area contributed by atoms with Crippen molar-refractivity contribution in [2.45, 2.75) is 32.4 Å². The average Bonchev–Trinajstić information content (AvgIpc) is 3.15. The predicted octanol–water partition coefficient (Wildman–Crippen LogP) is 2.86. The highest BCUT2D eigenvalue weighted by molar-refractivity contribution is 5.95. The van der Waals surface area contributed by atoms with E-state index in [1.54, 1.807) is 6.92 Å². The van der Waals surface area contributed by atoms with Crippen LogP contribution in [0, 0.1) is 11.6 Å². The monoisotopic (exact) mass is 387 g/mol. The summed E-state index contributed by atoms with van der Waals surface area (Å²) in [7, 11) is 0. The minimum atomic E-state index is -1.38. The summed E-state index contributed by atoms with van der Waals surface area (Å²) in [4.78, 5) is 21.0. The van der Waals surface area contributed by atoms with Gasteiger partial charge in [-0.2, -0.15) is 5.10 Å². The van der Waals surface area contributed by atoms with Gasteiger partial charge in [-0.25, -0.2) is 18.7 Å². The second kappa shape index (κ2) is 7.43. The van der Waals surface area contributed by atoms with Gasteiger partial charge < -0.3 is 10.4 Å². The molecular weight excluding hydrogens is 368 g/mol. The van der Waals surface area contributed by atoms with Crippen molar-refractivity contribution in [1.82, 2.24) is 25.5 Å². The predicted molar refractivity (Wildman–Crippen MR) is 97.1 cm³/mol. The Bertz CT molecular complexity index is 1000. The van der Waals surface area contributed by atoms with E-state index in [2.05, 4.69) is 25.5 Å². The number of amides is 1. The topological polar surface area (TPSA) is 104 Å². The number of nitrogens with one attached hydrogen (secondary N) is 2. The first-order chi connectivity index (χ1) is 13.1. The van der Waals surface area contributed by atoms with Crippen LogP contribution in [-0.4, -0.2) is 31.2 Å². The van der Waals surface area contributed by atoms with Crippen LogP contribution >= 0.6 is 0 Å². The summed E-state index contributed by atoms with van der Waals surface area (Å²) in [5, 5.41) is 19.5. The zero-order valence-electron chi connectivity index (χ0n) is 15.5. The number of nitrogens with zero attached hydrogens (tertiary/aromatic N) is 3. The molecule has 0 bridgehead atoms. The van der Waals surface area contributed by atoms with Gasteiger partial charge in [0.25, 0.3) is 5.91 Å². The Kier molecular flexibility index (Phi) is 5.19. The lowest BCUT2D eigenvalue weighted by Gasteiger charge is -2.19. The first-order valence-electron chi connectivity index (χ1n) is 8.51. The summed E-state index contributed by atoms with van der Waals surface area (Å²) in [5.74, 6) is -1.55. The standard InChI is InChI=1S/C19H19F2N5O2/c1-10(17-22-9-23-26-17)24-18(27)11-6-15(25-16(7-11)19(2,3)28)13-5-4-12(20)8-14(13)21/h4-10,28H,1-3H3,(H,24,27)(H,22,23,26)/t10-/m0/s1. The Hall–Kier alpha value is -3.20. The molecule has 0 aliphatic rings. The third kappa shape index (κ3) is 4.20. The molecule has 2 aromatic heterocycles. The van der Waals surface area contributed by atoms with Gasteiger partial charge in [0, 0.05) is 17.2 Å². The first-order valence-corrected chi connectivity index (χ1v) is 8.51.